The maximum Gasteiger partial charge on any atom is 0.159 e. The molecule has 0 saturated heterocycles. The SMILES string of the molecule is NC1=NOC(c2ccc(Cl)cc2)C1. The molecule has 1 aliphatic heterocycles. The number of rotatable bonds is 1. The van der Waals surface area contributed by atoms with Crippen molar-refractivity contribution in [3.05, 3.63) is 34.9 Å². The lowest BCUT2D eigenvalue weighted by molar-refractivity contribution is 0.0857. The number of hydrogen-bond acceptors (Lipinski definition) is 3. The molecule has 0 radical (unpaired) electrons. The molecule has 2 rings (SSSR count). The highest BCUT2D eigenvalue weighted by Crippen LogP contribution is 2.26. The van der Waals surface area contributed by atoms with Gasteiger partial charge in [0.15, 0.2) is 6.10 Å². The minimum atomic E-state index is -0.0442. The fourth-order valence-electron chi connectivity index (χ4n) is 1.25. The third-order valence-electron chi connectivity index (χ3n) is 1.93. The van der Waals surface area contributed by atoms with Gasteiger partial charge in [-0.2, -0.15) is 0 Å². The maximum absolute atomic E-state index is 5.75. The standard InChI is InChI=1S/C9H9ClN2O/c10-7-3-1-6(2-4-7)8-5-9(11)12-13-8/h1-4,8H,5H2,(H2,11,12). The molecule has 1 unspecified atom stereocenters. The Balaban J connectivity index is 2.14. The van der Waals surface area contributed by atoms with Crippen molar-refractivity contribution in [2.45, 2.75) is 12.5 Å². The molecule has 0 saturated carbocycles. The highest BCUT2D eigenvalue weighted by molar-refractivity contribution is 6.30. The Kier molecular flexibility index (Phi) is 2.10. The Hall–Kier alpha value is -1.22. The molecule has 1 aromatic rings. The van der Waals surface area contributed by atoms with Gasteiger partial charge < -0.3 is 10.6 Å². The fourth-order valence-corrected chi connectivity index (χ4v) is 1.38. The van der Waals surface area contributed by atoms with Crippen LogP contribution in [0.2, 0.25) is 5.02 Å². The average Bonchev–Trinajstić information content (AvgIpc) is 2.53. The second kappa shape index (κ2) is 3.26. The molecule has 0 fully saturated rings. The van der Waals surface area contributed by atoms with Crippen molar-refractivity contribution in [1.29, 1.82) is 0 Å². The monoisotopic (exact) mass is 196 g/mol. The Labute approximate surface area is 81.1 Å². The lowest BCUT2D eigenvalue weighted by atomic mass is 10.1. The van der Waals surface area contributed by atoms with E-state index in [1.54, 1.807) is 0 Å². The van der Waals surface area contributed by atoms with Crippen LogP contribution in [0.15, 0.2) is 29.4 Å². The maximum atomic E-state index is 5.75. The van der Waals surface area contributed by atoms with E-state index in [0.29, 0.717) is 12.3 Å². The van der Waals surface area contributed by atoms with Crippen LogP contribution >= 0.6 is 11.6 Å². The molecule has 0 amide bonds. The minimum Gasteiger partial charge on any atom is -0.386 e. The van der Waals surface area contributed by atoms with E-state index >= 15 is 0 Å². The zero-order valence-electron chi connectivity index (χ0n) is 6.90. The average molecular weight is 197 g/mol. The number of benzene rings is 1. The van der Waals surface area contributed by atoms with Gasteiger partial charge in [-0.15, -0.1) is 0 Å². The van der Waals surface area contributed by atoms with E-state index in [1.165, 1.54) is 0 Å². The van der Waals surface area contributed by atoms with Crippen molar-refractivity contribution in [2.24, 2.45) is 10.9 Å². The van der Waals surface area contributed by atoms with Crippen LogP contribution < -0.4 is 5.73 Å². The molecular weight excluding hydrogens is 188 g/mol. The molecule has 1 heterocycles. The third kappa shape index (κ3) is 1.75. The van der Waals surface area contributed by atoms with Crippen molar-refractivity contribution in [3.8, 4) is 0 Å². The molecule has 0 bridgehead atoms. The van der Waals surface area contributed by atoms with Crippen molar-refractivity contribution in [2.75, 3.05) is 0 Å². The zero-order chi connectivity index (χ0) is 9.26. The predicted molar refractivity (Wildman–Crippen MR) is 51.5 cm³/mol. The summed E-state index contributed by atoms with van der Waals surface area (Å²) in [6.45, 7) is 0. The van der Waals surface area contributed by atoms with Gasteiger partial charge in [0.1, 0.15) is 5.84 Å². The van der Waals surface area contributed by atoms with Gasteiger partial charge in [-0.1, -0.05) is 28.9 Å². The summed E-state index contributed by atoms with van der Waals surface area (Å²) < 4.78 is 0. The van der Waals surface area contributed by atoms with E-state index in [4.69, 9.17) is 22.2 Å². The number of nitrogens with two attached hydrogens (primary N) is 1. The number of halogens is 1. The molecule has 0 aliphatic carbocycles. The van der Waals surface area contributed by atoms with Crippen molar-refractivity contribution in [1.82, 2.24) is 0 Å². The van der Waals surface area contributed by atoms with E-state index in [2.05, 4.69) is 5.16 Å². The van der Waals surface area contributed by atoms with E-state index in [-0.39, 0.29) is 6.10 Å². The number of nitrogens with zero attached hydrogens (tertiary/aromatic N) is 1. The Morgan fingerprint density at radius 2 is 2.08 bits per heavy atom. The summed E-state index contributed by atoms with van der Waals surface area (Å²) in [4.78, 5) is 5.11. The van der Waals surface area contributed by atoms with Crippen molar-refractivity contribution < 1.29 is 4.84 Å². The van der Waals surface area contributed by atoms with Gasteiger partial charge in [0.2, 0.25) is 0 Å². The molecule has 0 spiro atoms. The topological polar surface area (TPSA) is 47.6 Å². The van der Waals surface area contributed by atoms with Crippen LogP contribution in [0.5, 0.6) is 0 Å². The molecule has 68 valence electrons. The van der Waals surface area contributed by atoms with Gasteiger partial charge in [-0.25, -0.2) is 0 Å². The van der Waals surface area contributed by atoms with E-state index in [1.807, 2.05) is 24.3 Å². The molecule has 13 heavy (non-hydrogen) atoms. The highest BCUT2D eigenvalue weighted by Gasteiger charge is 2.20. The smallest absolute Gasteiger partial charge is 0.159 e. The van der Waals surface area contributed by atoms with E-state index < -0.39 is 0 Å². The molecule has 4 heteroatoms. The second-order valence-electron chi connectivity index (χ2n) is 2.93. The summed E-state index contributed by atoms with van der Waals surface area (Å²) in [5, 5.41) is 4.40. The van der Waals surface area contributed by atoms with Gasteiger partial charge >= 0.3 is 0 Å². The van der Waals surface area contributed by atoms with Gasteiger partial charge in [0, 0.05) is 5.02 Å². The Bertz CT molecular complexity index is 334. The van der Waals surface area contributed by atoms with Gasteiger partial charge in [0.25, 0.3) is 0 Å². The van der Waals surface area contributed by atoms with Crippen molar-refractivity contribution >= 4 is 17.4 Å². The largest absolute Gasteiger partial charge is 0.386 e. The quantitative estimate of drug-likeness (QED) is 0.748. The summed E-state index contributed by atoms with van der Waals surface area (Å²) in [6.07, 6.45) is 0.610. The van der Waals surface area contributed by atoms with Crippen LogP contribution in [0.1, 0.15) is 18.1 Å². The lowest BCUT2D eigenvalue weighted by Gasteiger charge is -2.07. The van der Waals surface area contributed by atoms with E-state index in [0.717, 1.165) is 10.6 Å². The first-order valence-corrected chi connectivity index (χ1v) is 4.37. The molecule has 0 aromatic heterocycles. The summed E-state index contributed by atoms with van der Waals surface area (Å²) in [5.41, 5.74) is 6.54. The third-order valence-corrected chi connectivity index (χ3v) is 2.19. The van der Waals surface area contributed by atoms with Gasteiger partial charge in [0.05, 0.1) is 6.42 Å². The van der Waals surface area contributed by atoms with Gasteiger partial charge in [-0.3, -0.25) is 0 Å². The molecule has 1 atom stereocenters. The number of oxime groups is 1. The minimum absolute atomic E-state index is 0.0442. The van der Waals surface area contributed by atoms with Crippen LogP contribution in [0, 0.1) is 0 Å². The summed E-state index contributed by atoms with van der Waals surface area (Å²) >= 11 is 5.75. The first-order valence-electron chi connectivity index (χ1n) is 3.99. The van der Waals surface area contributed by atoms with Gasteiger partial charge in [-0.05, 0) is 17.7 Å². The molecule has 1 aliphatic rings. The molecule has 1 aromatic carbocycles. The summed E-state index contributed by atoms with van der Waals surface area (Å²) in [6, 6.07) is 7.49. The Morgan fingerprint density at radius 1 is 1.38 bits per heavy atom. The molecular formula is C9H9ClN2O. The lowest BCUT2D eigenvalue weighted by Crippen LogP contribution is -2.08. The van der Waals surface area contributed by atoms with Crippen LogP contribution in [-0.2, 0) is 4.84 Å². The highest BCUT2D eigenvalue weighted by atomic mass is 35.5. The number of hydrogen-bond donors (Lipinski definition) is 1. The normalized spacial score (nSPS) is 21.0. The van der Waals surface area contributed by atoms with E-state index in [9.17, 15) is 0 Å². The molecule has 2 N–H and O–H groups in total. The van der Waals surface area contributed by atoms with Crippen LogP contribution in [0.25, 0.3) is 0 Å². The van der Waals surface area contributed by atoms with Crippen LogP contribution in [-0.4, -0.2) is 5.84 Å². The first kappa shape index (κ1) is 8.38. The Morgan fingerprint density at radius 3 is 2.62 bits per heavy atom. The number of amidine groups is 1. The molecule has 3 nitrogen and oxygen atoms in total. The van der Waals surface area contributed by atoms with Crippen LogP contribution in [0.3, 0.4) is 0 Å². The van der Waals surface area contributed by atoms with Crippen LogP contribution in [0.4, 0.5) is 0 Å². The zero-order valence-corrected chi connectivity index (χ0v) is 7.66. The first-order chi connectivity index (χ1) is 6.25. The fraction of sp³-hybridized carbons (Fsp3) is 0.222. The summed E-state index contributed by atoms with van der Waals surface area (Å²) in [5.74, 6) is 0.542. The predicted octanol–water partition coefficient (Wildman–Crippen LogP) is 2.07. The summed E-state index contributed by atoms with van der Waals surface area (Å²) in [7, 11) is 0. The van der Waals surface area contributed by atoms with Crippen molar-refractivity contribution in [3.63, 3.8) is 0 Å². The second-order valence-corrected chi connectivity index (χ2v) is 3.37.